The Labute approximate surface area is 103 Å². The van der Waals surface area contributed by atoms with Crippen molar-refractivity contribution in [1.29, 1.82) is 0 Å². The van der Waals surface area contributed by atoms with E-state index < -0.39 is 0 Å². The van der Waals surface area contributed by atoms with Crippen LogP contribution in [0.5, 0.6) is 0 Å². The summed E-state index contributed by atoms with van der Waals surface area (Å²) in [5.41, 5.74) is 9.29. The third-order valence-corrected chi connectivity index (χ3v) is 2.78. The summed E-state index contributed by atoms with van der Waals surface area (Å²) in [6, 6.07) is 7.90. The number of nitrogens with zero attached hydrogens (tertiary/aromatic N) is 3. The Morgan fingerprint density at radius 2 is 2.11 bits per heavy atom. The van der Waals surface area contributed by atoms with Gasteiger partial charge in [-0.15, -0.1) is 0 Å². The van der Waals surface area contributed by atoms with Crippen LogP contribution < -0.4 is 5.73 Å². The minimum Gasteiger partial charge on any atom is -0.380 e. The van der Waals surface area contributed by atoms with E-state index in [1.54, 1.807) is 6.20 Å². The number of benzene rings is 1. The molecule has 2 heterocycles. The Hall–Kier alpha value is -2.63. The molecule has 0 bridgehead atoms. The first-order chi connectivity index (χ1) is 8.77. The van der Waals surface area contributed by atoms with Crippen molar-refractivity contribution in [1.82, 2.24) is 20.6 Å². The standard InChI is InChI=1S/C12H11N5O/c1-7-4-2-3-5-8(7)10-11(18-16-12(10)13)9-6-14-17-15-9/h2-6H,1H3,(H2,13,16)(H,14,15,17). The lowest BCUT2D eigenvalue weighted by Crippen LogP contribution is -1.91. The van der Waals surface area contributed by atoms with Gasteiger partial charge < -0.3 is 10.3 Å². The van der Waals surface area contributed by atoms with Crippen molar-refractivity contribution in [2.75, 3.05) is 5.73 Å². The van der Waals surface area contributed by atoms with Crippen molar-refractivity contribution in [2.45, 2.75) is 6.92 Å². The molecule has 0 aliphatic rings. The van der Waals surface area contributed by atoms with E-state index in [-0.39, 0.29) is 0 Å². The molecule has 90 valence electrons. The summed E-state index contributed by atoms with van der Waals surface area (Å²) in [6.45, 7) is 2.01. The summed E-state index contributed by atoms with van der Waals surface area (Å²) in [5, 5.41) is 14.1. The van der Waals surface area contributed by atoms with Crippen molar-refractivity contribution >= 4 is 5.82 Å². The maximum atomic E-state index is 5.89. The number of anilines is 1. The molecule has 0 unspecified atom stereocenters. The molecule has 6 nitrogen and oxygen atoms in total. The average molecular weight is 241 g/mol. The Morgan fingerprint density at radius 1 is 1.28 bits per heavy atom. The van der Waals surface area contributed by atoms with E-state index in [2.05, 4.69) is 20.6 Å². The minimum atomic E-state index is 0.349. The van der Waals surface area contributed by atoms with Gasteiger partial charge in [-0.1, -0.05) is 29.4 Å². The van der Waals surface area contributed by atoms with Crippen LogP contribution in [0.1, 0.15) is 5.56 Å². The first-order valence-corrected chi connectivity index (χ1v) is 5.44. The second-order valence-electron chi connectivity index (χ2n) is 3.94. The number of aromatic amines is 1. The van der Waals surface area contributed by atoms with E-state index in [1.807, 2.05) is 31.2 Å². The smallest absolute Gasteiger partial charge is 0.198 e. The first kappa shape index (κ1) is 10.5. The number of hydrogen-bond donors (Lipinski definition) is 2. The fourth-order valence-corrected chi connectivity index (χ4v) is 1.90. The zero-order chi connectivity index (χ0) is 12.5. The molecule has 0 atom stereocenters. The van der Waals surface area contributed by atoms with Crippen LogP contribution in [-0.4, -0.2) is 20.6 Å². The highest BCUT2D eigenvalue weighted by atomic mass is 16.5. The van der Waals surface area contributed by atoms with Crippen LogP contribution >= 0.6 is 0 Å². The van der Waals surface area contributed by atoms with E-state index in [9.17, 15) is 0 Å². The molecular weight excluding hydrogens is 230 g/mol. The van der Waals surface area contributed by atoms with E-state index in [0.717, 1.165) is 16.7 Å². The number of H-pyrrole nitrogens is 1. The molecule has 0 radical (unpaired) electrons. The Bertz CT molecular complexity index is 672. The molecule has 6 heteroatoms. The van der Waals surface area contributed by atoms with Gasteiger partial charge in [0.1, 0.15) is 0 Å². The number of aromatic nitrogens is 4. The molecule has 3 rings (SSSR count). The second kappa shape index (κ2) is 3.99. The highest BCUT2D eigenvalue weighted by Crippen LogP contribution is 2.36. The normalized spacial score (nSPS) is 10.7. The molecule has 3 aromatic rings. The average Bonchev–Trinajstić information content (AvgIpc) is 2.99. The van der Waals surface area contributed by atoms with Crippen LogP contribution in [0.3, 0.4) is 0 Å². The highest BCUT2D eigenvalue weighted by Gasteiger charge is 2.20. The zero-order valence-electron chi connectivity index (χ0n) is 9.71. The predicted octanol–water partition coefficient (Wildman–Crippen LogP) is 2.02. The monoisotopic (exact) mass is 241 g/mol. The van der Waals surface area contributed by atoms with Gasteiger partial charge in [-0.25, -0.2) is 0 Å². The zero-order valence-corrected chi connectivity index (χ0v) is 9.71. The summed E-state index contributed by atoms with van der Waals surface area (Å²) in [5.74, 6) is 0.873. The molecule has 0 saturated carbocycles. The number of nitrogens with one attached hydrogen (secondary N) is 1. The van der Waals surface area contributed by atoms with Gasteiger partial charge in [0.05, 0.1) is 11.8 Å². The van der Waals surface area contributed by atoms with Crippen molar-refractivity contribution in [2.24, 2.45) is 0 Å². The van der Waals surface area contributed by atoms with E-state index in [0.29, 0.717) is 17.3 Å². The molecule has 0 fully saturated rings. The summed E-state index contributed by atoms with van der Waals surface area (Å²) in [7, 11) is 0. The topological polar surface area (TPSA) is 93.6 Å². The maximum absolute atomic E-state index is 5.89. The molecule has 3 N–H and O–H groups in total. The van der Waals surface area contributed by atoms with Gasteiger partial charge in [0.2, 0.25) is 0 Å². The molecule has 0 aliphatic heterocycles. The van der Waals surface area contributed by atoms with Gasteiger partial charge in [0.25, 0.3) is 0 Å². The van der Waals surface area contributed by atoms with Crippen LogP contribution in [-0.2, 0) is 0 Å². The quantitative estimate of drug-likeness (QED) is 0.715. The minimum absolute atomic E-state index is 0.349. The number of aryl methyl sites for hydroxylation is 1. The summed E-state index contributed by atoms with van der Waals surface area (Å²) < 4.78 is 5.25. The van der Waals surface area contributed by atoms with Crippen molar-refractivity contribution in [3.05, 3.63) is 36.0 Å². The van der Waals surface area contributed by atoms with Crippen LogP contribution in [0, 0.1) is 6.92 Å². The number of hydrogen-bond acceptors (Lipinski definition) is 5. The Kier molecular flexibility index (Phi) is 2.33. The molecule has 18 heavy (non-hydrogen) atoms. The van der Waals surface area contributed by atoms with Crippen molar-refractivity contribution < 1.29 is 4.52 Å². The van der Waals surface area contributed by atoms with Gasteiger partial charge in [-0.3, -0.25) is 0 Å². The van der Waals surface area contributed by atoms with Crippen molar-refractivity contribution in [3.8, 4) is 22.6 Å². The van der Waals surface area contributed by atoms with Gasteiger partial charge >= 0.3 is 0 Å². The lowest BCUT2D eigenvalue weighted by molar-refractivity contribution is 0.434. The molecule has 0 spiro atoms. The van der Waals surface area contributed by atoms with Gasteiger partial charge in [-0.2, -0.15) is 15.4 Å². The summed E-state index contributed by atoms with van der Waals surface area (Å²) in [4.78, 5) is 0. The number of nitrogen functional groups attached to an aromatic ring is 1. The molecule has 0 saturated heterocycles. The van der Waals surface area contributed by atoms with Crippen LogP contribution in [0.15, 0.2) is 35.0 Å². The van der Waals surface area contributed by atoms with Crippen LogP contribution in [0.2, 0.25) is 0 Å². The fourth-order valence-electron chi connectivity index (χ4n) is 1.90. The van der Waals surface area contributed by atoms with Gasteiger partial charge in [0, 0.05) is 0 Å². The Morgan fingerprint density at radius 3 is 2.83 bits per heavy atom. The Balaban J connectivity index is 2.24. The SMILES string of the molecule is Cc1ccccc1-c1c(N)noc1-c1cn[nH]n1. The summed E-state index contributed by atoms with van der Waals surface area (Å²) in [6.07, 6.45) is 1.57. The fraction of sp³-hybridized carbons (Fsp3) is 0.0833. The van der Waals surface area contributed by atoms with Crippen LogP contribution in [0.25, 0.3) is 22.6 Å². The van der Waals surface area contributed by atoms with Gasteiger partial charge in [-0.05, 0) is 18.1 Å². The molecule has 0 amide bonds. The molecular formula is C12H11N5O. The lowest BCUT2D eigenvalue weighted by atomic mass is 10.00. The van der Waals surface area contributed by atoms with Crippen molar-refractivity contribution in [3.63, 3.8) is 0 Å². The third kappa shape index (κ3) is 1.55. The largest absolute Gasteiger partial charge is 0.380 e. The van der Waals surface area contributed by atoms with E-state index in [4.69, 9.17) is 10.3 Å². The number of nitrogens with two attached hydrogens (primary N) is 1. The molecule has 2 aromatic heterocycles. The van der Waals surface area contributed by atoms with Gasteiger partial charge in [0.15, 0.2) is 17.3 Å². The lowest BCUT2D eigenvalue weighted by Gasteiger charge is -2.04. The van der Waals surface area contributed by atoms with E-state index >= 15 is 0 Å². The molecule has 1 aromatic carbocycles. The first-order valence-electron chi connectivity index (χ1n) is 5.44. The van der Waals surface area contributed by atoms with E-state index in [1.165, 1.54) is 0 Å². The third-order valence-electron chi connectivity index (χ3n) is 2.78. The number of rotatable bonds is 2. The second-order valence-corrected chi connectivity index (χ2v) is 3.94. The molecule has 0 aliphatic carbocycles. The predicted molar refractivity (Wildman–Crippen MR) is 66.5 cm³/mol. The maximum Gasteiger partial charge on any atom is 0.198 e. The summed E-state index contributed by atoms with van der Waals surface area (Å²) >= 11 is 0. The van der Waals surface area contributed by atoms with Crippen LogP contribution in [0.4, 0.5) is 5.82 Å². The highest BCUT2D eigenvalue weighted by molar-refractivity contribution is 5.86.